The maximum absolute atomic E-state index is 12.8. The molecule has 4 rings (SSSR count). The summed E-state index contributed by atoms with van der Waals surface area (Å²) >= 11 is 0. The second-order valence-electron chi connectivity index (χ2n) is 7.26. The second kappa shape index (κ2) is 7.07. The van der Waals surface area contributed by atoms with Gasteiger partial charge in [0, 0.05) is 25.9 Å². The fourth-order valence-electron chi connectivity index (χ4n) is 4.15. The van der Waals surface area contributed by atoms with Gasteiger partial charge in [0.05, 0.1) is 23.7 Å². The van der Waals surface area contributed by atoms with E-state index in [1.807, 2.05) is 33.7 Å². The largest absolute Gasteiger partial charge is 0.377 e. The first-order valence-corrected chi connectivity index (χ1v) is 9.26. The molecule has 138 valence electrons. The van der Waals surface area contributed by atoms with Crippen LogP contribution in [0.25, 0.3) is 5.52 Å². The lowest BCUT2D eigenvalue weighted by Gasteiger charge is -2.33. The molecule has 0 bridgehead atoms. The summed E-state index contributed by atoms with van der Waals surface area (Å²) in [7, 11) is 0. The van der Waals surface area contributed by atoms with E-state index in [4.69, 9.17) is 10.5 Å². The molecule has 2 fully saturated rings. The molecule has 2 aliphatic rings. The van der Waals surface area contributed by atoms with E-state index < -0.39 is 0 Å². The molecule has 2 aromatic heterocycles. The third-order valence-corrected chi connectivity index (χ3v) is 5.67. The molecule has 0 unspecified atom stereocenters. The molecule has 0 aromatic carbocycles. The lowest BCUT2D eigenvalue weighted by Crippen LogP contribution is -2.40. The smallest absolute Gasteiger partial charge is 0.290 e. The van der Waals surface area contributed by atoms with E-state index in [9.17, 15) is 9.59 Å². The van der Waals surface area contributed by atoms with Gasteiger partial charge in [-0.15, -0.1) is 0 Å². The molecule has 2 N–H and O–H groups in total. The number of ether oxygens (including phenoxy) is 1. The number of hydrogen-bond donors (Lipinski definition) is 1. The van der Waals surface area contributed by atoms with Crippen LogP contribution in [0.15, 0.2) is 30.6 Å². The maximum atomic E-state index is 12.8. The highest BCUT2D eigenvalue weighted by Gasteiger charge is 2.35. The van der Waals surface area contributed by atoms with E-state index in [1.165, 1.54) is 0 Å². The molecular formula is C19H24N4O3. The van der Waals surface area contributed by atoms with Crippen molar-refractivity contribution in [3.8, 4) is 0 Å². The van der Waals surface area contributed by atoms with Gasteiger partial charge in [0.2, 0.25) is 11.7 Å². The summed E-state index contributed by atoms with van der Waals surface area (Å²) in [4.78, 5) is 30.5. The summed E-state index contributed by atoms with van der Waals surface area (Å²) in [6.07, 6.45) is 6.94. The van der Waals surface area contributed by atoms with Crippen LogP contribution in [-0.2, 0) is 9.53 Å². The number of piperidine rings is 1. The van der Waals surface area contributed by atoms with Crippen LogP contribution in [0.2, 0.25) is 0 Å². The molecule has 26 heavy (non-hydrogen) atoms. The Morgan fingerprint density at radius 3 is 2.81 bits per heavy atom. The van der Waals surface area contributed by atoms with Crippen LogP contribution in [0.4, 0.5) is 0 Å². The summed E-state index contributed by atoms with van der Waals surface area (Å²) in [5.41, 5.74) is 6.39. The number of likely N-dealkylation sites (tertiary alicyclic amines) is 1. The van der Waals surface area contributed by atoms with E-state index in [2.05, 4.69) is 4.98 Å². The number of nitrogens with two attached hydrogens (primary N) is 1. The fourth-order valence-corrected chi connectivity index (χ4v) is 4.15. The molecule has 2 atom stereocenters. The minimum Gasteiger partial charge on any atom is -0.377 e. The molecule has 0 spiro atoms. The summed E-state index contributed by atoms with van der Waals surface area (Å²) < 4.78 is 7.55. The molecule has 2 aliphatic heterocycles. The summed E-state index contributed by atoms with van der Waals surface area (Å²) in [6, 6.07) is 5.77. The van der Waals surface area contributed by atoms with Crippen molar-refractivity contribution in [3.63, 3.8) is 0 Å². The quantitative estimate of drug-likeness (QED) is 0.898. The number of nitrogens with zero attached hydrogens (tertiary/aromatic N) is 3. The van der Waals surface area contributed by atoms with E-state index in [-0.39, 0.29) is 23.8 Å². The van der Waals surface area contributed by atoms with Crippen molar-refractivity contribution >= 4 is 17.3 Å². The van der Waals surface area contributed by atoms with Crippen molar-refractivity contribution in [1.82, 2.24) is 14.3 Å². The molecule has 4 heterocycles. The van der Waals surface area contributed by atoms with Gasteiger partial charge in [-0.05, 0) is 43.7 Å². The van der Waals surface area contributed by atoms with Crippen LogP contribution < -0.4 is 5.73 Å². The summed E-state index contributed by atoms with van der Waals surface area (Å²) in [6.45, 7) is 2.03. The first-order chi connectivity index (χ1) is 12.6. The molecule has 7 heteroatoms. The van der Waals surface area contributed by atoms with Gasteiger partial charge in [-0.1, -0.05) is 6.07 Å². The zero-order chi connectivity index (χ0) is 18.1. The van der Waals surface area contributed by atoms with Crippen molar-refractivity contribution in [2.45, 2.75) is 31.8 Å². The number of rotatable bonds is 4. The second-order valence-corrected chi connectivity index (χ2v) is 7.26. The van der Waals surface area contributed by atoms with Gasteiger partial charge in [0.25, 0.3) is 5.91 Å². The van der Waals surface area contributed by atoms with Gasteiger partial charge in [0.15, 0.2) is 0 Å². The van der Waals surface area contributed by atoms with Gasteiger partial charge in [-0.2, -0.15) is 0 Å². The molecule has 2 amide bonds. The van der Waals surface area contributed by atoms with Gasteiger partial charge < -0.3 is 15.4 Å². The number of carbonyl (C=O) groups is 2. The van der Waals surface area contributed by atoms with Gasteiger partial charge in [-0.3, -0.25) is 14.0 Å². The van der Waals surface area contributed by atoms with E-state index in [0.29, 0.717) is 31.4 Å². The Morgan fingerprint density at radius 1 is 1.23 bits per heavy atom. The highest BCUT2D eigenvalue weighted by Crippen LogP contribution is 2.31. The van der Waals surface area contributed by atoms with Crippen LogP contribution in [0.3, 0.4) is 0 Å². The number of fused-ring (bicyclic) bond motifs is 1. The Labute approximate surface area is 152 Å². The molecule has 2 aromatic rings. The standard InChI is InChI=1S/C19H24N4O3/c20-17(24)15-6-10-26-16(15)11-13-4-8-22(9-5-13)19(25)18-21-12-14-3-1-2-7-23(14)18/h1-3,7,12-13,15-16H,4-6,8-11H2,(H2,20,24)/t15-,16-/m1/s1. The zero-order valence-corrected chi connectivity index (χ0v) is 14.7. The predicted octanol–water partition coefficient (Wildman–Crippen LogP) is 1.47. The lowest BCUT2D eigenvalue weighted by molar-refractivity contribution is -0.123. The first-order valence-electron chi connectivity index (χ1n) is 9.26. The maximum Gasteiger partial charge on any atom is 0.290 e. The van der Waals surface area contributed by atoms with Crippen molar-refractivity contribution < 1.29 is 14.3 Å². The van der Waals surface area contributed by atoms with Crippen molar-refractivity contribution in [2.24, 2.45) is 17.6 Å². The van der Waals surface area contributed by atoms with Crippen LogP contribution in [-0.4, -0.2) is 51.9 Å². The van der Waals surface area contributed by atoms with Gasteiger partial charge in [-0.25, -0.2) is 4.98 Å². The van der Waals surface area contributed by atoms with Crippen LogP contribution >= 0.6 is 0 Å². The van der Waals surface area contributed by atoms with Gasteiger partial charge in [0.1, 0.15) is 0 Å². The number of primary amides is 1. The Balaban J connectivity index is 1.36. The molecule has 0 radical (unpaired) electrons. The topological polar surface area (TPSA) is 89.9 Å². The Morgan fingerprint density at radius 2 is 2.04 bits per heavy atom. The number of imidazole rings is 1. The highest BCUT2D eigenvalue weighted by molar-refractivity contribution is 5.92. The normalized spacial score (nSPS) is 24.2. The van der Waals surface area contributed by atoms with Gasteiger partial charge >= 0.3 is 0 Å². The molecular weight excluding hydrogens is 332 g/mol. The van der Waals surface area contributed by atoms with Crippen LogP contribution in [0.5, 0.6) is 0 Å². The predicted molar refractivity (Wildman–Crippen MR) is 95.5 cm³/mol. The number of amides is 2. The molecule has 0 saturated carbocycles. The molecule has 2 saturated heterocycles. The molecule has 7 nitrogen and oxygen atoms in total. The number of hydrogen-bond acceptors (Lipinski definition) is 4. The first kappa shape index (κ1) is 17.0. The molecule has 0 aliphatic carbocycles. The Kier molecular flexibility index (Phi) is 4.63. The fraction of sp³-hybridized carbons (Fsp3) is 0.526. The van der Waals surface area contributed by atoms with E-state index in [0.717, 1.165) is 31.2 Å². The number of pyridine rings is 1. The monoisotopic (exact) mass is 356 g/mol. The SMILES string of the molecule is NC(=O)[C@@H]1CCO[C@@H]1CC1CCN(C(=O)c2ncc3ccccn23)CC1. The minimum absolute atomic E-state index is 0.0261. The third kappa shape index (κ3) is 3.19. The average Bonchev–Trinajstić information content (AvgIpc) is 3.28. The van der Waals surface area contributed by atoms with Crippen LogP contribution in [0.1, 0.15) is 36.3 Å². The highest BCUT2D eigenvalue weighted by atomic mass is 16.5. The number of carbonyl (C=O) groups excluding carboxylic acids is 2. The van der Waals surface area contributed by atoms with Crippen molar-refractivity contribution in [2.75, 3.05) is 19.7 Å². The van der Waals surface area contributed by atoms with E-state index in [1.54, 1.807) is 6.20 Å². The van der Waals surface area contributed by atoms with E-state index >= 15 is 0 Å². The average molecular weight is 356 g/mol. The number of aromatic nitrogens is 2. The third-order valence-electron chi connectivity index (χ3n) is 5.67. The van der Waals surface area contributed by atoms with Crippen molar-refractivity contribution in [1.29, 1.82) is 0 Å². The lowest BCUT2D eigenvalue weighted by atomic mass is 9.86. The van der Waals surface area contributed by atoms with Crippen LogP contribution in [0, 0.1) is 11.8 Å². The summed E-state index contributed by atoms with van der Waals surface area (Å²) in [5, 5.41) is 0. The Bertz CT molecular complexity index is 810. The minimum atomic E-state index is -0.258. The summed E-state index contributed by atoms with van der Waals surface area (Å²) in [5.74, 6) is 0.479. The van der Waals surface area contributed by atoms with Crippen molar-refractivity contribution in [3.05, 3.63) is 36.4 Å². The zero-order valence-electron chi connectivity index (χ0n) is 14.7. The Hall–Kier alpha value is -2.41.